The van der Waals surface area contributed by atoms with Gasteiger partial charge in [0.1, 0.15) is 10.7 Å². The number of rotatable bonds is 4. The summed E-state index contributed by atoms with van der Waals surface area (Å²) in [5.74, 6) is -0.811. The van der Waals surface area contributed by atoms with Crippen LogP contribution < -0.4 is 10.5 Å². The molecule has 1 saturated carbocycles. The molecule has 2 rings (SSSR count). The molecule has 106 valence electrons. The van der Waals surface area contributed by atoms with E-state index < -0.39 is 26.3 Å². The van der Waals surface area contributed by atoms with Crippen LogP contribution >= 0.6 is 0 Å². The van der Waals surface area contributed by atoms with Crippen molar-refractivity contribution in [2.24, 2.45) is 0 Å². The molecular formula is C12H17FN2O3S. The number of nitrogens with one attached hydrogen (secondary N) is 1. The van der Waals surface area contributed by atoms with Crippen LogP contribution in [0.4, 0.5) is 10.1 Å². The van der Waals surface area contributed by atoms with E-state index in [4.69, 9.17) is 5.73 Å². The van der Waals surface area contributed by atoms with Crippen molar-refractivity contribution in [2.75, 3.05) is 12.3 Å². The maximum atomic E-state index is 13.9. The number of sulfonamides is 1. The topological polar surface area (TPSA) is 92.4 Å². The van der Waals surface area contributed by atoms with Gasteiger partial charge in [-0.05, 0) is 43.9 Å². The molecule has 0 saturated heterocycles. The van der Waals surface area contributed by atoms with Gasteiger partial charge in [-0.2, -0.15) is 0 Å². The molecule has 5 nitrogen and oxygen atoms in total. The Morgan fingerprint density at radius 1 is 1.47 bits per heavy atom. The van der Waals surface area contributed by atoms with E-state index in [0.717, 1.165) is 12.5 Å². The molecule has 0 radical (unpaired) electrons. The van der Waals surface area contributed by atoms with Gasteiger partial charge in [0, 0.05) is 5.69 Å². The zero-order valence-corrected chi connectivity index (χ0v) is 11.4. The number of aryl methyl sites for hydroxylation is 1. The van der Waals surface area contributed by atoms with E-state index in [1.807, 2.05) is 0 Å². The van der Waals surface area contributed by atoms with Crippen molar-refractivity contribution in [1.29, 1.82) is 0 Å². The first-order valence-corrected chi connectivity index (χ1v) is 7.48. The molecule has 1 aromatic rings. The van der Waals surface area contributed by atoms with Crippen LogP contribution in [0.2, 0.25) is 0 Å². The Morgan fingerprint density at radius 2 is 2.11 bits per heavy atom. The maximum Gasteiger partial charge on any atom is 0.244 e. The van der Waals surface area contributed by atoms with E-state index in [1.165, 1.54) is 13.0 Å². The standard InChI is InChI=1S/C12H17FN2O3S/c1-8-5-9(14)6-10(11(8)13)19(17,18)15-12(7-16)3-2-4-12/h5-6,15-16H,2-4,7,14H2,1H3. The average Bonchev–Trinajstić information content (AvgIpc) is 2.28. The fourth-order valence-corrected chi connectivity index (χ4v) is 3.83. The number of hydrogen-bond donors (Lipinski definition) is 3. The lowest BCUT2D eigenvalue weighted by Crippen LogP contribution is -2.56. The Morgan fingerprint density at radius 3 is 2.58 bits per heavy atom. The third kappa shape index (κ3) is 2.58. The lowest BCUT2D eigenvalue weighted by Gasteiger charge is -2.40. The fraction of sp³-hybridized carbons (Fsp3) is 0.500. The lowest BCUT2D eigenvalue weighted by atomic mass is 9.78. The van der Waals surface area contributed by atoms with Gasteiger partial charge in [-0.3, -0.25) is 0 Å². The van der Waals surface area contributed by atoms with Gasteiger partial charge in [0.25, 0.3) is 0 Å². The highest BCUT2D eigenvalue weighted by Gasteiger charge is 2.41. The normalized spacial score (nSPS) is 18.1. The summed E-state index contributed by atoms with van der Waals surface area (Å²) in [7, 11) is -4.03. The Kier molecular flexibility index (Phi) is 3.55. The zero-order valence-electron chi connectivity index (χ0n) is 10.6. The van der Waals surface area contributed by atoms with Crippen LogP contribution in [0.25, 0.3) is 0 Å². The molecule has 1 aliphatic rings. The molecule has 0 aromatic heterocycles. The van der Waals surface area contributed by atoms with Crippen molar-refractivity contribution in [3.63, 3.8) is 0 Å². The van der Waals surface area contributed by atoms with Crippen molar-refractivity contribution in [3.05, 3.63) is 23.5 Å². The van der Waals surface area contributed by atoms with Crippen LogP contribution in [0.1, 0.15) is 24.8 Å². The molecule has 7 heteroatoms. The summed E-state index contributed by atoms with van der Waals surface area (Å²) >= 11 is 0. The van der Waals surface area contributed by atoms with Crippen LogP contribution in [-0.4, -0.2) is 25.7 Å². The molecule has 1 fully saturated rings. The highest BCUT2D eigenvalue weighted by atomic mass is 32.2. The third-order valence-corrected chi connectivity index (χ3v) is 5.08. The van der Waals surface area contributed by atoms with E-state index in [2.05, 4.69) is 4.72 Å². The number of anilines is 1. The van der Waals surface area contributed by atoms with Crippen molar-refractivity contribution in [3.8, 4) is 0 Å². The Bertz CT molecular complexity index is 592. The predicted molar refractivity (Wildman–Crippen MR) is 69.5 cm³/mol. The molecule has 1 aliphatic carbocycles. The van der Waals surface area contributed by atoms with E-state index in [0.29, 0.717) is 12.8 Å². The predicted octanol–water partition coefficient (Wildman–Crippen LogP) is 0.910. The summed E-state index contributed by atoms with van der Waals surface area (Å²) < 4.78 is 40.7. The van der Waals surface area contributed by atoms with Gasteiger partial charge in [0.05, 0.1) is 12.1 Å². The molecule has 0 aliphatic heterocycles. The SMILES string of the molecule is Cc1cc(N)cc(S(=O)(=O)NC2(CO)CCC2)c1F. The molecule has 4 N–H and O–H groups in total. The van der Waals surface area contributed by atoms with Crippen molar-refractivity contribution in [1.82, 2.24) is 4.72 Å². The minimum absolute atomic E-state index is 0.173. The van der Waals surface area contributed by atoms with Crippen molar-refractivity contribution in [2.45, 2.75) is 36.6 Å². The summed E-state index contributed by atoms with van der Waals surface area (Å²) in [6.07, 6.45) is 1.93. The average molecular weight is 288 g/mol. The van der Waals surface area contributed by atoms with Gasteiger partial charge >= 0.3 is 0 Å². The van der Waals surface area contributed by atoms with Gasteiger partial charge in [0.2, 0.25) is 10.0 Å². The first-order chi connectivity index (χ1) is 8.80. The number of aliphatic hydroxyl groups is 1. The Balaban J connectivity index is 2.40. The summed E-state index contributed by atoms with van der Waals surface area (Å²) in [4.78, 5) is -0.468. The first-order valence-electron chi connectivity index (χ1n) is 6.00. The molecule has 0 bridgehead atoms. The quantitative estimate of drug-likeness (QED) is 0.718. The van der Waals surface area contributed by atoms with Crippen LogP contribution in [0.15, 0.2) is 17.0 Å². The number of hydrogen-bond acceptors (Lipinski definition) is 4. The van der Waals surface area contributed by atoms with E-state index in [-0.39, 0.29) is 17.9 Å². The van der Waals surface area contributed by atoms with Crippen molar-refractivity contribution >= 4 is 15.7 Å². The van der Waals surface area contributed by atoms with E-state index in [9.17, 15) is 17.9 Å². The molecular weight excluding hydrogens is 271 g/mol. The van der Waals surface area contributed by atoms with E-state index >= 15 is 0 Å². The zero-order chi connectivity index (χ0) is 14.3. The summed E-state index contributed by atoms with van der Waals surface area (Å²) in [5, 5.41) is 9.28. The number of benzene rings is 1. The summed E-state index contributed by atoms with van der Waals surface area (Å²) in [6, 6.07) is 2.47. The Hall–Kier alpha value is -1.18. The molecule has 0 unspecified atom stereocenters. The lowest BCUT2D eigenvalue weighted by molar-refractivity contribution is 0.110. The largest absolute Gasteiger partial charge is 0.399 e. The number of aliphatic hydroxyl groups excluding tert-OH is 1. The second-order valence-corrected chi connectivity index (χ2v) is 6.70. The maximum absolute atomic E-state index is 13.9. The van der Waals surface area contributed by atoms with Gasteiger partial charge in [-0.25, -0.2) is 17.5 Å². The highest BCUT2D eigenvalue weighted by Crippen LogP contribution is 2.33. The highest BCUT2D eigenvalue weighted by molar-refractivity contribution is 7.89. The minimum atomic E-state index is -4.03. The van der Waals surface area contributed by atoms with Gasteiger partial charge in [-0.15, -0.1) is 0 Å². The number of nitrogens with two attached hydrogens (primary N) is 1. The molecule has 1 aromatic carbocycles. The first kappa shape index (κ1) is 14.2. The van der Waals surface area contributed by atoms with Gasteiger partial charge in [-0.1, -0.05) is 0 Å². The second kappa shape index (κ2) is 4.73. The number of halogens is 1. The van der Waals surface area contributed by atoms with Gasteiger partial charge in [0.15, 0.2) is 0 Å². The second-order valence-electron chi connectivity index (χ2n) is 5.05. The smallest absolute Gasteiger partial charge is 0.244 e. The molecule has 0 atom stereocenters. The van der Waals surface area contributed by atoms with Crippen LogP contribution in [0.3, 0.4) is 0 Å². The van der Waals surface area contributed by atoms with Crippen LogP contribution in [0.5, 0.6) is 0 Å². The molecule has 0 amide bonds. The minimum Gasteiger partial charge on any atom is -0.399 e. The Labute approximate surface area is 111 Å². The van der Waals surface area contributed by atoms with E-state index in [1.54, 1.807) is 0 Å². The molecule has 19 heavy (non-hydrogen) atoms. The molecule has 0 heterocycles. The molecule has 0 spiro atoms. The van der Waals surface area contributed by atoms with Crippen LogP contribution in [0, 0.1) is 12.7 Å². The summed E-state index contributed by atoms with van der Waals surface area (Å²) in [5.41, 5.74) is 5.06. The fourth-order valence-electron chi connectivity index (χ4n) is 2.20. The summed E-state index contributed by atoms with van der Waals surface area (Å²) in [6.45, 7) is 1.16. The van der Waals surface area contributed by atoms with Gasteiger partial charge < -0.3 is 10.8 Å². The third-order valence-electron chi connectivity index (χ3n) is 3.50. The van der Waals surface area contributed by atoms with Crippen molar-refractivity contribution < 1.29 is 17.9 Å². The van der Waals surface area contributed by atoms with Crippen LogP contribution in [-0.2, 0) is 10.0 Å². The monoisotopic (exact) mass is 288 g/mol. The number of nitrogen functional groups attached to an aromatic ring is 1.